The van der Waals surface area contributed by atoms with E-state index in [1.54, 1.807) is 23.9 Å². The highest BCUT2D eigenvalue weighted by Gasteiger charge is 1.85. The van der Waals surface area contributed by atoms with E-state index < -0.39 is 0 Å². The van der Waals surface area contributed by atoms with E-state index in [1.165, 1.54) is 12.5 Å². The standard InChI is InChI=1S/C7H8O.C4H7NO2.C4H10.C2H6S/c1-6-2-4-7(8)5-3-6;1-4(7)2-5-3-6;1-4(2)3;1-3-2/h2-5,8H,1H3;3H,2H2,1H3,(H,5,6);4H,1-3H3;1-2H3. The van der Waals surface area contributed by atoms with Gasteiger partial charge in [0.25, 0.3) is 0 Å². The monoisotopic (exact) mass is 329 g/mol. The van der Waals surface area contributed by atoms with Gasteiger partial charge in [0, 0.05) is 0 Å². The number of hydrogen-bond donors (Lipinski definition) is 2. The SMILES string of the molecule is CC(=O)CNC=O.CC(C)C.CSC.Cc1ccc(O)cc1. The number of phenols is 1. The first-order valence-electron chi connectivity index (χ1n) is 7.03. The van der Waals surface area contributed by atoms with Crippen LogP contribution in [0.15, 0.2) is 24.3 Å². The zero-order valence-electron chi connectivity index (χ0n) is 14.8. The molecule has 1 amide bonds. The molecule has 2 N–H and O–H groups in total. The molecule has 0 aliphatic heterocycles. The molecule has 0 saturated carbocycles. The summed E-state index contributed by atoms with van der Waals surface area (Å²) < 4.78 is 0. The lowest BCUT2D eigenvalue weighted by Gasteiger charge is -1.89. The van der Waals surface area contributed by atoms with Crippen molar-refractivity contribution < 1.29 is 14.7 Å². The van der Waals surface area contributed by atoms with Crippen molar-refractivity contribution in [3.05, 3.63) is 29.8 Å². The zero-order chi connectivity index (χ0) is 18.0. The summed E-state index contributed by atoms with van der Waals surface area (Å²) in [6.45, 7) is 10.0. The highest BCUT2D eigenvalue weighted by molar-refractivity contribution is 7.97. The van der Waals surface area contributed by atoms with Crippen LogP contribution in [0.3, 0.4) is 0 Å². The molecule has 0 atom stereocenters. The molecule has 1 aromatic carbocycles. The van der Waals surface area contributed by atoms with E-state index in [-0.39, 0.29) is 12.3 Å². The third kappa shape index (κ3) is 36.3. The third-order valence-electron chi connectivity index (χ3n) is 1.47. The molecule has 0 aromatic heterocycles. The summed E-state index contributed by atoms with van der Waals surface area (Å²) in [4.78, 5) is 19.4. The summed E-state index contributed by atoms with van der Waals surface area (Å²) in [5.74, 6) is 1.13. The van der Waals surface area contributed by atoms with Crippen LogP contribution in [-0.2, 0) is 9.59 Å². The molecule has 1 rings (SSSR count). The summed E-state index contributed by atoms with van der Waals surface area (Å²) in [6, 6.07) is 7.09. The predicted molar refractivity (Wildman–Crippen MR) is 97.5 cm³/mol. The van der Waals surface area contributed by atoms with Gasteiger partial charge in [-0.15, -0.1) is 0 Å². The number of amides is 1. The van der Waals surface area contributed by atoms with E-state index in [9.17, 15) is 9.59 Å². The van der Waals surface area contributed by atoms with Gasteiger partial charge in [-0.3, -0.25) is 9.59 Å². The Labute approximate surface area is 139 Å². The number of Topliss-reactive ketones (excluding diaryl/α,β-unsaturated/α-hetero) is 1. The normalized spacial score (nSPS) is 8.18. The fraction of sp³-hybridized carbons (Fsp3) is 0.529. The number of aromatic hydroxyl groups is 1. The number of carbonyl (C=O) groups excluding carboxylic acids is 2. The number of phenolic OH excluding ortho intramolecular Hbond substituents is 1. The fourth-order valence-corrected chi connectivity index (χ4v) is 0.730. The van der Waals surface area contributed by atoms with Crippen molar-refractivity contribution in [1.82, 2.24) is 5.32 Å². The summed E-state index contributed by atoms with van der Waals surface area (Å²) in [5, 5.41) is 11.0. The molecule has 1 aromatic rings. The van der Waals surface area contributed by atoms with Crippen LogP contribution in [0.4, 0.5) is 0 Å². The van der Waals surface area contributed by atoms with E-state index in [0.29, 0.717) is 12.2 Å². The van der Waals surface area contributed by atoms with Crippen molar-refractivity contribution in [2.24, 2.45) is 5.92 Å². The van der Waals surface area contributed by atoms with Crippen LogP contribution in [0.1, 0.15) is 33.3 Å². The second-order valence-corrected chi connectivity index (χ2v) is 5.99. The van der Waals surface area contributed by atoms with Crippen LogP contribution >= 0.6 is 11.8 Å². The number of aryl methyl sites for hydroxylation is 1. The Hall–Kier alpha value is -1.49. The first-order valence-corrected chi connectivity index (χ1v) is 8.66. The Morgan fingerprint density at radius 2 is 1.59 bits per heavy atom. The van der Waals surface area contributed by atoms with E-state index >= 15 is 0 Å². The number of hydrogen-bond acceptors (Lipinski definition) is 4. The van der Waals surface area contributed by atoms with Gasteiger partial charge in [0.05, 0.1) is 6.54 Å². The zero-order valence-corrected chi connectivity index (χ0v) is 15.7. The van der Waals surface area contributed by atoms with Gasteiger partial charge in [0.2, 0.25) is 6.41 Å². The van der Waals surface area contributed by atoms with E-state index in [2.05, 4.69) is 26.1 Å². The molecular weight excluding hydrogens is 298 g/mol. The van der Waals surface area contributed by atoms with E-state index in [0.717, 1.165) is 5.92 Å². The number of ketones is 1. The Morgan fingerprint density at radius 1 is 1.23 bits per heavy atom. The van der Waals surface area contributed by atoms with Gasteiger partial charge in [0.1, 0.15) is 11.5 Å². The molecule has 5 heteroatoms. The van der Waals surface area contributed by atoms with Crippen LogP contribution in [-0.4, -0.2) is 36.4 Å². The average molecular weight is 330 g/mol. The Morgan fingerprint density at radius 3 is 1.77 bits per heavy atom. The Bertz CT molecular complexity index is 341. The smallest absolute Gasteiger partial charge is 0.207 e. The molecule has 0 aliphatic rings. The van der Waals surface area contributed by atoms with Crippen LogP contribution in [0, 0.1) is 12.8 Å². The molecule has 0 unspecified atom stereocenters. The van der Waals surface area contributed by atoms with Gasteiger partial charge < -0.3 is 10.4 Å². The maximum atomic E-state index is 9.98. The van der Waals surface area contributed by atoms with Crippen LogP contribution in [0.25, 0.3) is 0 Å². The maximum Gasteiger partial charge on any atom is 0.207 e. The summed E-state index contributed by atoms with van der Waals surface area (Å²) in [7, 11) is 0. The van der Waals surface area contributed by atoms with Crippen LogP contribution < -0.4 is 5.32 Å². The maximum absolute atomic E-state index is 9.98. The lowest BCUT2D eigenvalue weighted by molar-refractivity contribution is -0.118. The number of carbonyl (C=O) groups is 2. The van der Waals surface area contributed by atoms with Gasteiger partial charge in [0.15, 0.2) is 0 Å². The minimum Gasteiger partial charge on any atom is -0.508 e. The Balaban J connectivity index is -0.000000236. The largest absolute Gasteiger partial charge is 0.508 e. The van der Waals surface area contributed by atoms with Crippen molar-refractivity contribution in [1.29, 1.82) is 0 Å². The van der Waals surface area contributed by atoms with Crippen molar-refractivity contribution >= 4 is 24.0 Å². The first-order chi connectivity index (χ1) is 10.2. The van der Waals surface area contributed by atoms with Crippen molar-refractivity contribution in [2.45, 2.75) is 34.6 Å². The van der Waals surface area contributed by atoms with Gasteiger partial charge >= 0.3 is 0 Å². The predicted octanol–water partition coefficient (Wildman–Crippen LogP) is 3.66. The molecule has 0 spiro atoms. The fourth-order valence-electron chi connectivity index (χ4n) is 0.730. The summed E-state index contributed by atoms with van der Waals surface area (Å²) >= 11 is 1.75. The molecule has 0 fully saturated rings. The minimum absolute atomic E-state index is 0.0351. The lowest BCUT2D eigenvalue weighted by Crippen LogP contribution is -2.18. The van der Waals surface area contributed by atoms with Crippen LogP contribution in [0.5, 0.6) is 5.75 Å². The summed E-state index contributed by atoms with van der Waals surface area (Å²) in [5.41, 5.74) is 1.17. The molecule has 0 heterocycles. The minimum atomic E-state index is -0.0351. The van der Waals surface area contributed by atoms with E-state index in [1.807, 2.05) is 31.6 Å². The van der Waals surface area contributed by atoms with Crippen molar-refractivity contribution in [3.63, 3.8) is 0 Å². The van der Waals surface area contributed by atoms with Gasteiger partial charge in [-0.25, -0.2) is 0 Å². The number of thioether (sulfide) groups is 1. The molecule has 0 aliphatic carbocycles. The molecule has 4 nitrogen and oxygen atoms in total. The lowest BCUT2D eigenvalue weighted by atomic mass is 10.2. The summed E-state index contributed by atoms with van der Waals surface area (Å²) in [6.07, 6.45) is 4.58. The molecule has 128 valence electrons. The molecule has 0 bridgehead atoms. The second kappa shape index (κ2) is 19.5. The average Bonchev–Trinajstić information content (AvgIpc) is 2.41. The second-order valence-electron chi connectivity index (χ2n) is 5.18. The number of benzene rings is 1. The van der Waals surface area contributed by atoms with Gasteiger partial charge in [-0.1, -0.05) is 38.5 Å². The third-order valence-corrected chi connectivity index (χ3v) is 1.47. The molecule has 0 saturated heterocycles. The number of nitrogens with one attached hydrogen (secondary N) is 1. The van der Waals surface area contributed by atoms with Gasteiger partial charge in [-0.05, 0) is 44.4 Å². The Kier molecular flexibility index (Phi) is 22.6. The van der Waals surface area contributed by atoms with Crippen LogP contribution in [0.2, 0.25) is 0 Å². The van der Waals surface area contributed by atoms with Gasteiger partial charge in [-0.2, -0.15) is 11.8 Å². The van der Waals surface area contributed by atoms with Crippen molar-refractivity contribution in [3.8, 4) is 5.75 Å². The van der Waals surface area contributed by atoms with Crippen molar-refractivity contribution in [2.75, 3.05) is 19.1 Å². The quantitative estimate of drug-likeness (QED) is 0.831. The first kappa shape index (κ1) is 25.5. The molecular formula is C17H31NO3S. The highest BCUT2D eigenvalue weighted by Crippen LogP contribution is 2.07. The van der Waals surface area contributed by atoms with E-state index in [4.69, 9.17) is 5.11 Å². The molecule has 22 heavy (non-hydrogen) atoms. The molecule has 0 radical (unpaired) electrons. The number of rotatable bonds is 3. The topological polar surface area (TPSA) is 66.4 Å². The highest BCUT2D eigenvalue weighted by atomic mass is 32.2.